The summed E-state index contributed by atoms with van der Waals surface area (Å²) < 4.78 is 68.1. The van der Waals surface area contributed by atoms with Gasteiger partial charge in [0, 0.05) is 0 Å². The molecule has 0 atom stereocenters. The van der Waals surface area contributed by atoms with E-state index in [0.717, 1.165) is 6.07 Å². The van der Waals surface area contributed by atoms with Gasteiger partial charge in [0.2, 0.25) is 5.91 Å². The van der Waals surface area contributed by atoms with E-state index in [9.17, 15) is 26.7 Å². The quantitative estimate of drug-likeness (QED) is 0.619. The lowest BCUT2D eigenvalue weighted by Gasteiger charge is -2.12. The van der Waals surface area contributed by atoms with E-state index < -0.39 is 42.2 Å². The van der Waals surface area contributed by atoms with Crippen LogP contribution in [0.2, 0.25) is 0 Å². The molecule has 0 saturated carbocycles. The number of hydrogen-bond acceptors (Lipinski definition) is 3. The highest BCUT2D eigenvalue weighted by Gasteiger charge is 2.15. The molecule has 1 amide bonds. The Balaban J connectivity index is 2.01. The molecule has 0 radical (unpaired) electrons. The Morgan fingerprint density at radius 3 is 2.42 bits per heavy atom. The lowest BCUT2D eigenvalue weighted by atomic mass is 10.2. The lowest BCUT2D eigenvalue weighted by molar-refractivity contribution is -0.114. The van der Waals surface area contributed by atoms with Crippen LogP contribution in [0.5, 0.6) is 5.75 Å². The number of anilines is 2. The van der Waals surface area contributed by atoms with Crippen molar-refractivity contribution < 1.29 is 31.5 Å². The maximum absolute atomic E-state index is 13.4. The monoisotopic (exact) mass is 346 g/mol. The first-order valence-corrected chi connectivity index (χ1v) is 6.59. The first-order chi connectivity index (χ1) is 11.4. The average molecular weight is 346 g/mol. The van der Waals surface area contributed by atoms with E-state index in [1.54, 1.807) is 0 Å². The lowest BCUT2D eigenvalue weighted by Crippen LogP contribution is -2.23. The van der Waals surface area contributed by atoms with Crippen LogP contribution in [-0.4, -0.2) is 19.1 Å². The number of hydrogen-bond donors (Lipinski definition) is 2. The highest BCUT2D eigenvalue weighted by atomic mass is 19.3. The molecule has 0 aliphatic carbocycles. The highest BCUT2D eigenvalue weighted by Crippen LogP contribution is 2.25. The number of carbonyl (C=O) groups is 1. The van der Waals surface area contributed by atoms with Crippen molar-refractivity contribution >= 4 is 17.3 Å². The molecule has 0 fully saturated rings. The minimum Gasteiger partial charge on any atom is -0.433 e. The zero-order chi connectivity index (χ0) is 17.7. The molecule has 0 aliphatic heterocycles. The molecule has 2 aromatic rings. The van der Waals surface area contributed by atoms with Crippen molar-refractivity contribution in [2.45, 2.75) is 6.61 Å². The van der Waals surface area contributed by atoms with E-state index in [1.165, 1.54) is 24.3 Å². The molecule has 0 aliphatic rings. The van der Waals surface area contributed by atoms with Gasteiger partial charge >= 0.3 is 6.61 Å². The number of halogens is 5. The Morgan fingerprint density at radius 1 is 1.00 bits per heavy atom. The van der Waals surface area contributed by atoms with Crippen LogP contribution < -0.4 is 15.4 Å². The molecule has 9 heteroatoms. The number of nitrogens with one attached hydrogen (secondary N) is 2. The van der Waals surface area contributed by atoms with Crippen molar-refractivity contribution in [1.29, 1.82) is 0 Å². The predicted octanol–water partition coefficient (Wildman–Crippen LogP) is 3.76. The van der Waals surface area contributed by atoms with Crippen LogP contribution in [0.4, 0.5) is 33.3 Å². The smallest absolute Gasteiger partial charge is 0.387 e. The summed E-state index contributed by atoms with van der Waals surface area (Å²) in [5.41, 5.74) is -0.434. The van der Waals surface area contributed by atoms with Crippen molar-refractivity contribution in [2.24, 2.45) is 0 Å². The largest absolute Gasteiger partial charge is 0.433 e. The number of para-hydroxylation sites is 2. The van der Waals surface area contributed by atoms with Gasteiger partial charge in [-0.2, -0.15) is 8.78 Å². The zero-order valence-electron chi connectivity index (χ0n) is 12.0. The molecule has 0 heterocycles. The van der Waals surface area contributed by atoms with Gasteiger partial charge in [0.05, 0.1) is 17.9 Å². The van der Waals surface area contributed by atoms with Gasteiger partial charge in [-0.3, -0.25) is 4.79 Å². The summed E-state index contributed by atoms with van der Waals surface area (Å²) in [6.45, 7) is -3.58. The normalized spacial score (nSPS) is 10.6. The van der Waals surface area contributed by atoms with Crippen LogP contribution in [0.15, 0.2) is 36.4 Å². The van der Waals surface area contributed by atoms with Crippen LogP contribution in [0.25, 0.3) is 0 Å². The van der Waals surface area contributed by atoms with Crippen molar-refractivity contribution in [3.05, 3.63) is 53.8 Å². The van der Waals surface area contributed by atoms with Gasteiger partial charge in [0.15, 0.2) is 17.5 Å². The fourth-order valence-electron chi connectivity index (χ4n) is 1.80. The third-order valence-electron chi connectivity index (χ3n) is 2.85. The average Bonchev–Trinajstić information content (AvgIpc) is 2.53. The van der Waals surface area contributed by atoms with E-state index in [0.29, 0.717) is 6.07 Å². The fourth-order valence-corrected chi connectivity index (χ4v) is 1.80. The summed E-state index contributed by atoms with van der Waals surface area (Å²) in [5, 5.41) is 4.56. The van der Waals surface area contributed by atoms with Crippen molar-refractivity contribution in [3.63, 3.8) is 0 Å². The van der Waals surface area contributed by atoms with Crippen LogP contribution >= 0.6 is 0 Å². The Labute approximate surface area is 133 Å². The summed E-state index contributed by atoms with van der Waals surface area (Å²) in [4.78, 5) is 11.8. The third-order valence-corrected chi connectivity index (χ3v) is 2.85. The molecule has 24 heavy (non-hydrogen) atoms. The molecule has 4 nitrogen and oxygen atoms in total. The minimum atomic E-state index is -3.07. The maximum atomic E-state index is 13.4. The van der Waals surface area contributed by atoms with Crippen molar-refractivity contribution in [2.75, 3.05) is 17.2 Å². The topological polar surface area (TPSA) is 50.4 Å². The van der Waals surface area contributed by atoms with Gasteiger partial charge in [0.1, 0.15) is 5.75 Å². The van der Waals surface area contributed by atoms with E-state index >= 15 is 0 Å². The first kappa shape index (κ1) is 17.5. The number of benzene rings is 2. The van der Waals surface area contributed by atoms with Crippen LogP contribution in [0, 0.1) is 17.5 Å². The standard InChI is InChI=1S/C15H11F5N2O2/c16-8-5-6-10(14(18)13(8)17)21-7-12(23)22-9-3-1-2-4-11(9)24-15(19)20/h1-6,15,21H,7H2,(H,22,23). The van der Waals surface area contributed by atoms with Crippen LogP contribution in [0.1, 0.15) is 0 Å². The van der Waals surface area contributed by atoms with Gasteiger partial charge in [0.25, 0.3) is 0 Å². The Bertz CT molecular complexity index is 740. The SMILES string of the molecule is O=C(CNc1ccc(F)c(F)c1F)Nc1ccccc1OC(F)F. The van der Waals surface area contributed by atoms with Crippen LogP contribution in [-0.2, 0) is 4.79 Å². The molecule has 128 valence electrons. The molecule has 2 rings (SSSR count). The fraction of sp³-hybridized carbons (Fsp3) is 0.133. The molecule has 0 bridgehead atoms. The van der Waals surface area contributed by atoms with Gasteiger partial charge in [-0.1, -0.05) is 12.1 Å². The van der Waals surface area contributed by atoms with E-state index in [2.05, 4.69) is 15.4 Å². The van der Waals surface area contributed by atoms with Crippen molar-refractivity contribution in [3.8, 4) is 5.75 Å². The highest BCUT2D eigenvalue weighted by molar-refractivity contribution is 5.95. The second kappa shape index (κ2) is 7.62. The van der Waals surface area contributed by atoms with E-state index in [4.69, 9.17) is 0 Å². The molecular weight excluding hydrogens is 335 g/mol. The zero-order valence-corrected chi connectivity index (χ0v) is 12.0. The first-order valence-electron chi connectivity index (χ1n) is 6.59. The summed E-state index contributed by atoms with van der Waals surface area (Å²) in [6.07, 6.45) is 0. The predicted molar refractivity (Wildman–Crippen MR) is 76.5 cm³/mol. The van der Waals surface area contributed by atoms with Crippen LogP contribution in [0.3, 0.4) is 0 Å². The minimum absolute atomic E-state index is 0.0182. The van der Waals surface area contributed by atoms with Gasteiger partial charge < -0.3 is 15.4 Å². The second-order valence-electron chi connectivity index (χ2n) is 4.50. The number of rotatable bonds is 6. The third kappa shape index (κ3) is 4.34. The van der Waals surface area contributed by atoms with E-state index in [1.807, 2.05) is 0 Å². The summed E-state index contributed by atoms with van der Waals surface area (Å²) in [6, 6.07) is 7.09. The van der Waals surface area contributed by atoms with Gasteiger partial charge in [-0.05, 0) is 24.3 Å². The molecule has 2 N–H and O–H groups in total. The molecule has 2 aromatic carbocycles. The maximum Gasteiger partial charge on any atom is 0.387 e. The number of alkyl halides is 2. The van der Waals surface area contributed by atoms with Gasteiger partial charge in [-0.15, -0.1) is 0 Å². The number of ether oxygens (including phenoxy) is 1. The molecule has 0 spiro atoms. The molecule has 0 aromatic heterocycles. The summed E-state index contributed by atoms with van der Waals surface area (Å²) in [5.74, 6) is -5.48. The van der Waals surface area contributed by atoms with Gasteiger partial charge in [-0.25, -0.2) is 13.2 Å². The molecule has 0 saturated heterocycles. The number of carbonyl (C=O) groups excluding carboxylic acids is 1. The second-order valence-corrected chi connectivity index (χ2v) is 4.50. The summed E-state index contributed by atoms with van der Waals surface area (Å²) >= 11 is 0. The summed E-state index contributed by atoms with van der Waals surface area (Å²) in [7, 11) is 0. The van der Waals surface area contributed by atoms with Crippen molar-refractivity contribution in [1.82, 2.24) is 0 Å². The molecule has 0 unspecified atom stereocenters. The Kier molecular flexibility index (Phi) is 5.56. The Hall–Kier alpha value is -2.84. The Morgan fingerprint density at radius 2 is 1.71 bits per heavy atom. The molecular formula is C15H11F5N2O2. The van der Waals surface area contributed by atoms with E-state index in [-0.39, 0.29) is 11.4 Å². The number of amides is 1.